The molecule has 0 aromatic rings. The van der Waals surface area contributed by atoms with Gasteiger partial charge in [-0.25, -0.2) is 0 Å². The third-order valence-corrected chi connectivity index (χ3v) is 3.51. The van der Waals surface area contributed by atoms with Crippen LogP contribution in [-0.4, -0.2) is 42.5 Å². The van der Waals surface area contributed by atoms with Crippen LogP contribution in [0.1, 0.15) is 32.6 Å². The summed E-state index contributed by atoms with van der Waals surface area (Å²) in [7, 11) is 0. The maximum Gasteiger partial charge on any atom is 0.239 e. The minimum absolute atomic E-state index is 0.0953. The zero-order valence-electron chi connectivity index (χ0n) is 10.1. The van der Waals surface area contributed by atoms with E-state index in [4.69, 9.17) is 5.73 Å². The number of amides is 1. The minimum atomic E-state index is -0.359. The molecule has 0 aromatic heterocycles. The fraction of sp³-hybridized carbons (Fsp3) is 0.917. The van der Waals surface area contributed by atoms with Crippen LogP contribution >= 0.6 is 0 Å². The van der Waals surface area contributed by atoms with Crippen molar-refractivity contribution in [1.82, 2.24) is 10.2 Å². The van der Waals surface area contributed by atoms with E-state index in [2.05, 4.69) is 5.32 Å². The molecular weight excluding hydrogens is 202 g/mol. The molecule has 1 saturated carbocycles. The molecule has 2 aliphatic rings. The van der Waals surface area contributed by atoms with Gasteiger partial charge in [-0.1, -0.05) is 0 Å². The Morgan fingerprint density at radius 2 is 2.25 bits per heavy atom. The van der Waals surface area contributed by atoms with Crippen LogP contribution in [-0.2, 0) is 4.79 Å². The first-order valence-electron chi connectivity index (χ1n) is 6.44. The molecule has 2 atom stereocenters. The van der Waals surface area contributed by atoms with Gasteiger partial charge in [-0.2, -0.15) is 0 Å². The molecule has 2 fully saturated rings. The molecule has 4 heteroatoms. The molecule has 4 nitrogen and oxygen atoms in total. The average molecular weight is 225 g/mol. The second-order valence-electron chi connectivity index (χ2n) is 5.26. The quantitative estimate of drug-likeness (QED) is 0.724. The molecule has 0 spiro atoms. The van der Waals surface area contributed by atoms with Crippen LogP contribution in [0.3, 0.4) is 0 Å². The van der Waals surface area contributed by atoms with Gasteiger partial charge in [-0.3, -0.25) is 4.79 Å². The predicted octanol–water partition coefficient (Wildman–Crippen LogP) is 0.324. The Labute approximate surface area is 97.6 Å². The van der Waals surface area contributed by atoms with E-state index in [0.29, 0.717) is 6.04 Å². The molecule has 92 valence electrons. The van der Waals surface area contributed by atoms with Gasteiger partial charge < -0.3 is 16.0 Å². The Balaban J connectivity index is 1.76. The Morgan fingerprint density at radius 1 is 1.50 bits per heavy atom. The van der Waals surface area contributed by atoms with E-state index in [0.717, 1.165) is 32.0 Å². The number of nitrogens with zero attached hydrogens (tertiary/aromatic N) is 1. The molecule has 1 aliphatic carbocycles. The lowest BCUT2D eigenvalue weighted by Gasteiger charge is -2.34. The second kappa shape index (κ2) is 5.15. The van der Waals surface area contributed by atoms with Crippen molar-refractivity contribution in [2.24, 2.45) is 11.7 Å². The van der Waals surface area contributed by atoms with E-state index in [1.54, 1.807) is 6.92 Å². The summed E-state index contributed by atoms with van der Waals surface area (Å²) < 4.78 is 0. The first kappa shape index (κ1) is 11.9. The topological polar surface area (TPSA) is 58.4 Å². The third-order valence-electron chi connectivity index (χ3n) is 3.51. The van der Waals surface area contributed by atoms with Crippen molar-refractivity contribution in [2.75, 3.05) is 19.6 Å². The summed E-state index contributed by atoms with van der Waals surface area (Å²) in [6.07, 6.45) is 5.04. The largest absolute Gasteiger partial charge is 0.340 e. The van der Waals surface area contributed by atoms with E-state index < -0.39 is 0 Å². The van der Waals surface area contributed by atoms with Gasteiger partial charge in [0, 0.05) is 19.1 Å². The smallest absolute Gasteiger partial charge is 0.239 e. The van der Waals surface area contributed by atoms with Crippen LogP contribution in [0, 0.1) is 5.92 Å². The summed E-state index contributed by atoms with van der Waals surface area (Å²) in [5.41, 5.74) is 5.63. The molecule has 1 amide bonds. The molecular formula is C12H23N3O. The number of nitrogens with two attached hydrogens (primary N) is 1. The summed E-state index contributed by atoms with van der Waals surface area (Å²) in [5.74, 6) is 0.998. The van der Waals surface area contributed by atoms with Crippen LogP contribution in [0.25, 0.3) is 0 Å². The van der Waals surface area contributed by atoms with Gasteiger partial charge in [0.05, 0.1) is 6.04 Å². The Bertz CT molecular complexity index is 251. The van der Waals surface area contributed by atoms with Crippen molar-refractivity contribution in [2.45, 2.75) is 44.7 Å². The van der Waals surface area contributed by atoms with Crippen molar-refractivity contribution in [3.63, 3.8) is 0 Å². The number of hydrogen-bond acceptors (Lipinski definition) is 3. The highest BCUT2D eigenvalue weighted by atomic mass is 16.2. The van der Waals surface area contributed by atoms with Crippen molar-refractivity contribution >= 4 is 5.91 Å². The van der Waals surface area contributed by atoms with Crippen LogP contribution < -0.4 is 11.1 Å². The molecule has 0 bridgehead atoms. The van der Waals surface area contributed by atoms with Gasteiger partial charge in [-0.15, -0.1) is 0 Å². The summed E-state index contributed by atoms with van der Waals surface area (Å²) in [6, 6.07) is 0.124. The summed E-state index contributed by atoms with van der Waals surface area (Å²) in [6.45, 7) is 4.61. The molecule has 0 radical (unpaired) electrons. The lowest BCUT2D eigenvalue weighted by atomic mass is 10.0. The van der Waals surface area contributed by atoms with Crippen molar-refractivity contribution < 1.29 is 4.79 Å². The normalized spacial score (nSPS) is 27.9. The molecule has 16 heavy (non-hydrogen) atoms. The fourth-order valence-electron chi connectivity index (χ4n) is 2.29. The maximum absolute atomic E-state index is 11.8. The highest BCUT2D eigenvalue weighted by Gasteiger charge is 2.27. The van der Waals surface area contributed by atoms with E-state index in [1.165, 1.54) is 19.3 Å². The van der Waals surface area contributed by atoms with Gasteiger partial charge in [-0.05, 0) is 45.1 Å². The van der Waals surface area contributed by atoms with Crippen LogP contribution in [0.5, 0.6) is 0 Å². The standard InChI is InChI=1S/C12H23N3O/c1-9(13)12(16)15-6-2-3-11(8-15)14-7-10-4-5-10/h9-11,14H,2-8,13H2,1H3/t9-,11+/m0/s1. The molecule has 2 rings (SSSR count). The molecule has 1 aliphatic heterocycles. The van der Waals surface area contributed by atoms with Gasteiger partial charge in [0.2, 0.25) is 5.91 Å². The molecule has 1 saturated heterocycles. The van der Waals surface area contributed by atoms with E-state index in [9.17, 15) is 4.79 Å². The van der Waals surface area contributed by atoms with Crippen molar-refractivity contribution in [3.05, 3.63) is 0 Å². The SMILES string of the molecule is C[C@H](N)C(=O)N1CCC[C@@H](NCC2CC2)C1. The first-order chi connectivity index (χ1) is 7.66. The summed E-state index contributed by atoms with van der Waals surface area (Å²) >= 11 is 0. The lowest BCUT2D eigenvalue weighted by Crippen LogP contribution is -2.52. The number of piperidine rings is 1. The van der Waals surface area contributed by atoms with Crippen LogP contribution in [0.15, 0.2) is 0 Å². The number of carbonyl (C=O) groups is 1. The van der Waals surface area contributed by atoms with E-state index in [-0.39, 0.29) is 11.9 Å². The zero-order chi connectivity index (χ0) is 11.5. The second-order valence-corrected chi connectivity index (χ2v) is 5.26. The fourth-order valence-corrected chi connectivity index (χ4v) is 2.29. The Morgan fingerprint density at radius 3 is 2.88 bits per heavy atom. The van der Waals surface area contributed by atoms with Crippen LogP contribution in [0.4, 0.5) is 0 Å². The van der Waals surface area contributed by atoms with E-state index >= 15 is 0 Å². The van der Waals surface area contributed by atoms with E-state index in [1.807, 2.05) is 4.90 Å². The van der Waals surface area contributed by atoms with Crippen LogP contribution in [0.2, 0.25) is 0 Å². The monoisotopic (exact) mass is 225 g/mol. The number of hydrogen-bond donors (Lipinski definition) is 2. The average Bonchev–Trinajstić information content (AvgIpc) is 3.09. The number of carbonyl (C=O) groups excluding carboxylic acids is 1. The number of nitrogens with one attached hydrogen (secondary N) is 1. The Hall–Kier alpha value is -0.610. The third kappa shape index (κ3) is 3.19. The minimum Gasteiger partial charge on any atom is -0.340 e. The lowest BCUT2D eigenvalue weighted by molar-refractivity contribution is -0.133. The van der Waals surface area contributed by atoms with Gasteiger partial charge in [0.25, 0.3) is 0 Å². The highest BCUT2D eigenvalue weighted by molar-refractivity contribution is 5.81. The van der Waals surface area contributed by atoms with Crippen molar-refractivity contribution in [3.8, 4) is 0 Å². The van der Waals surface area contributed by atoms with Crippen molar-refractivity contribution in [1.29, 1.82) is 0 Å². The summed E-state index contributed by atoms with van der Waals surface area (Å²) in [5, 5.41) is 3.57. The van der Waals surface area contributed by atoms with Gasteiger partial charge in [0.1, 0.15) is 0 Å². The summed E-state index contributed by atoms with van der Waals surface area (Å²) in [4.78, 5) is 13.7. The highest BCUT2D eigenvalue weighted by Crippen LogP contribution is 2.28. The number of likely N-dealkylation sites (tertiary alicyclic amines) is 1. The zero-order valence-corrected chi connectivity index (χ0v) is 10.1. The first-order valence-corrected chi connectivity index (χ1v) is 6.44. The van der Waals surface area contributed by atoms with Gasteiger partial charge >= 0.3 is 0 Å². The predicted molar refractivity (Wildman–Crippen MR) is 64.0 cm³/mol. The Kier molecular flexibility index (Phi) is 3.82. The van der Waals surface area contributed by atoms with Gasteiger partial charge in [0.15, 0.2) is 0 Å². The molecule has 1 heterocycles. The molecule has 0 unspecified atom stereocenters. The molecule has 3 N–H and O–H groups in total. The maximum atomic E-state index is 11.8. The number of rotatable bonds is 4. The molecule has 0 aromatic carbocycles.